The summed E-state index contributed by atoms with van der Waals surface area (Å²) in [5.41, 5.74) is 1.28. The summed E-state index contributed by atoms with van der Waals surface area (Å²) in [4.78, 5) is 26.6. The van der Waals surface area contributed by atoms with Crippen molar-refractivity contribution in [2.75, 3.05) is 11.9 Å². The van der Waals surface area contributed by atoms with Gasteiger partial charge in [-0.25, -0.2) is 4.39 Å². The number of halogens is 1. The van der Waals surface area contributed by atoms with Crippen molar-refractivity contribution in [1.29, 1.82) is 0 Å². The summed E-state index contributed by atoms with van der Waals surface area (Å²) in [6.45, 7) is 8.18. The third-order valence-electron chi connectivity index (χ3n) is 3.98. The van der Waals surface area contributed by atoms with E-state index in [-0.39, 0.29) is 17.6 Å². The first kappa shape index (κ1) is 19.6. The second-order valence-corrected chi connectivity index (χ2v) is 7.23. The van der Waals surface area contributed by atoms with Gasteiger partial charge in [0.2, 0.25) is 5.91 Å². The van der Waals surface area contributed by atoms with Crippen LogP contribution in [0.1, 0.15) is 43.6 Å². The van der Waals surface area contributed by atoms with Crippen LogP contribution in [0.3, 0.4) is 0 Å². The lowest BCUT2D eigenvalue weighted by Crippen LogP contribution is -2.31. The minimum atomic E-state index is -0.521. The molecule has 2 amide bonds. The molecule has 1 N–H and O–H groups in total. The number of hydrogen-bond donors (Lipinski definition) is 1. The summed E-state index contributed by atoms with van der Waals surface area (Å²) in [5, 5.41) is 2.83. The summed E-state index contributed by atoms with van der Waals surface area (Å²) in [6.07, 6.45) is 0. The Morgan fingerprint density at radius 3 is 2.38 bits per heavy atom. The molecule has 0 saturated carbocycles. The summed E-state index contributed by atoms with van der Waals surface area (Å²) in [5.74, 6) is -0.601. The van der Waals surface area contributed by atoms with E-state index in [2.05, 4.69) is 5.32 Å². The topological polar surface area (TPSA) is 49.4 Å². The number of hydrogen-bond acceptors (Lipinski definition) is 2. The molecule has 0 aliphatic carbocycles. The molecule has 0 atom stereocenters. The second-order valence-electron chi connectivity index (χ2n) is 7.23. The zero-order valence-corrected chi connectivity index (χ0v) is 15.7. The van der Waals surface area contributed by atoms with Crippen LogP contribution in [0.15, 0.2) is 48.5 Å². The molecule has 0 aromatic heterocycles. The van der Waals surface area contributed by atoms with Crippen LogP contribution in [0.25, 0.3) is 0 Å². The van der Waals surface area contributed by atoms with E-state index in [9.17, 15) is 14.0 Å². The Labute approximate surface area is 154 Å². The van der Waals surface area contributed by atoms with Gasteiger partial charge in [0, 0.05) is 29.8 Å². The molecule has 0 spiro atoms. The van der Waals surface area contributed by atoms with Crippen molar-refractivity contribution < 1.29 is 14.0 Å². The van der Waals surface area contributed by atoms with Gasteiger partial charge in [-0.15, -0.1) is 0 Å². The molecule has 0 radical (unpaired) electrons. The molecular formula is C21H25FN2O2. The molecule has 5 heteroatoms. The van der Waals surface area contributed by atoms with Gasteiger partial charge in [0.05, 0.1) is 0 Å². The average Bonchev–Trinajstić information content (AvgIpc) is 2.58. The fourth-order valence-electron chi connectivity index (χ4n) is 2.41. The maximum atomic E-state index is 13.4. The van der Waals surface area contributed by atoms with E-state index in [1.165, 1.54) is 12.1 Å². The van der Waals surface area contributed by atoms with Crippen molar-refractivity contribution in [2.45, 2.75) is 34.2 Å². The number of rotatable bonds is 5. The van der Waals surface area contributed by atoms with Gasteiger partial charge in [-0.3, -0.25) is 9.59 Å². The molecule has 0 aliphatic rings. The monoisotopic (exact) mass is 356 g/mol. The lowest BCUT2D eigenvalue weighted by atomic mass is 9.95. The Kier molecular flexibility index (Phi) is 6.14. The van der Waals surface area contributed by atoms with Crippen LogP contribution < -0.4 is 5.32 Å². The molecule has 0 bridgehead atoms. The average molecular weight is 356 g/mol. The molecule has 138 valence electrons. The van der Waals surface area contributed by atoms with E-state index >= 15 is 0 Å². The SMILES string of the molecule is CCN(Cc1cccc(F)c1)C(=O)c1cccc(NC(=O)C(C)(C)C)c1. The third-order valence-corrected chi connectivity index (χ3v) is 3.98. The summed E-state index contributed by atoms with van der Waals surface area (Å²) < 4.78 is 13.4. The van der Waals surface area contributed by atoms with Gasteiger partial charge in [0.1, 0.15) is 5.82 Å². The minimum absolute atomic E-state index is 0.116. The Hall–Kier alpha value is -2.69. The number of carbonyl (C=O) groups excluding carboxylic acids is 2. The van der Waals surface area contributed by atoms with Crippen LogP contribution in [0.4, 0.5) is 10.1 Å². The highest BCUT2D eigenvalue weighted by atomic mass is 19.1. The first-order valence-corrected chi connectivity index (χ1v) is 8.66. The van der Waals surface area contributed by atoms with Crippen molar-refractivity contribution >= 4 is 17.5 Å². The normalized spacial score (nSPS) is 11.1. The largest absolute Gasteiger partial charge is 0.335 e. The molecule has 2 aromatic carbocycles. The summed E-state index contributed by atoms with van der Waals surface area (Å²) >= 11 is 0. The maximum Gasteiger partial charge on any atom is 0.254 e. The van der Waals surface area contributed by atoms with Crippen LogP contribution in [0.2, 0.25) is 0 Å². The van der Waals surface area contributed by atoms with E-state index < -0.39 is 5.41 Å². The molecule has 0 aliphatic heterocycles. The lowest BCUT2D eigenvalue weighted by Gasteiger charge is -2.22. The van der Waals surface area contributed by atoms with Crippen molar-refractivity contribution in [1.82, 2.24) is 4.90 Å². The standard InChI is InChI=1S/C21H25FN2O2/c1-5-24(14-15-8-6-10-17(22)12-15)19(25)16-9-7-11-18(13-16)23-20(26)21(2,3)4/h6-13H,5,14H2,1-4H3,(H,23,26). The van der Waals surface area contributed by atoms with Crippen molar-refractivity contribution in [3.63, 3.8) is 0 Å². The first-order valence-electron chi connectivity index (χ1n) is 8.66. The lowest BCUT2D eigenvalue weighted by molar-refractivity contribution is -0.123. The van der Waals surface area contributed by atoms with Gasteiger partial charge in [-0.2, -0.15) is 0 Å². The molecule has 2 rings (SSSR count). The quantitative estimate of drug-likeness (QED) is 0.859. The fourth-order valence-corrected chi connectivity index (χ4v) is 2.41. The fraction of sp³-hybridized carbons (Fsp3) is 0.333. The van der Waals surface area contributed by atoms with Crippen LogP contribution in [-0.2, 0) is 11.3 Å². The van der Waals surface area contributed by atoms with E-state index in [0.29, 0.717) is 24.3 Å². The van der Waals surface area contributed by atoms with E-state index in [1.807, 2.05) is 27.7 Å². The predicted molar refractivity (Wildman–Crippen MR) is 101 cm³/mol. The Bertz CT molecular complexity index is 797. The van der Waals surface area contributed by atoms with Gasteiger partial charge >= 0.3 is 0 Å². The van der Waals surface area contributed by atoms with Crippen LogP contribution >= 0.6 is 0 Å². The van der Waals surface area contributed by atoms with Gasteiger partial charge in [0.25, 0.3) is 5.91 Å². The molecule has 0 saturated heterocycles. The highest BCUT2D eigenvalue weighted by molar-refractivity contribution is 5.98. The van der Waals surface area contributed by atoms with Gasteiger partial charge < -0.3 is 10.2 Å². The molecule has 0 heterocycles. The number of amides is 2. The zero-order valence-electron chi connectivity index (χ0n) is 15.7. The maximum absolute atomic E-state index is 13.4. The van der Waals surface area contributed by atoms with Crippen molar-refractivity contribution in [2.24, 2.45) is 5.41 Å². The van der Waals surface area contributed by atoms with E-state index in [4.69, 9.17) is 0 Å². The highest BCUT2D eigenvalue weighted by Gasteiger charge is 2.22. The smallest absolute Gasteiger partial charge is 0.254 e. The minimum Gasteiger partial charge on any atom is -0.335 e. The number of benzene rings is 2. The van der Waals surface area contributed by atoms with Crippen LogP contribution in [-0.4, -0.2) is 23.3 Å². The Morgan fingerprint density at radius 2 is 1.77 bits per heavy atom. The highest BCUT2D eigenvalue weighted by Crippen LogP contribution is 2.19. The second kappa shape index (κ2) is 8.13. The van der Waals surface area contributed by atoms with E-state index in [0.717, 1.165) is 5.56 Å². The van der Waals surface area contributed by atoms with Gasteiger partial charge in [-0.05, 0) is 42.8 Å². The third kappa shape index (κ3) is 5.15. The van der Waals surface area contributed by atoms with Gasteiger partial charge in [-0.1, -0.05) is 39.0 Å². The van der Waals surface area contributed by atoms with Crippen molar-refractivity contribution in [3.05, 3.63) is 65.5 Å². The van der Waals surface area contributed by atoms with Crippen LogP contribution in [0.5, 0.6) is 0 Å². The van der Waals surface area contributed by atoms with Gasteiger partial charge in [0.15, 0.2) is 0 Å². The molecule has 4 nitrogen and oxygen atoms in total. The summed E-state index contributed by atoms with van der Waals surface area (Å²) in [6, 6.07) is 13.1. The van der Waals surface area contributed by atoms with Crippen molar-refractivity contribution in [3.8, 4) is 0 Å². The van der Waals surface area contributed by atoms with E-state index in [1.54, 1.807) is 41.3 Å². The predicted octanol–water partition coefficient (Wildman–Crippen LogP) is 4.47. The number of nitrogens with one attached hydrogen (secondary N) is 1. The molecule has 0 unspecified atom stereocenters. The molecular weight excluding hydrogens is 331 g/mol. The molecule has 26 heavy (non-hydrogen) atoms. The molecule has 2 aromatic rings. The number of nitrogens with zero attached hydrogens (tertiary/aromatic N) is 1. The number of carbonyl (C=O) groups is 2. The van der Waals surface area contributed by atoms with Crippen LogP contribution in [0, 0.1) is 11.2 Å². The zero-order chi connectivity index (χ0) is 19.3. The summed E-state index contributed by atoms with van der Waals surface area (Å²) in [7, 11) is 0. The number of anilines is 1. The Balaban J connectivity index is 2.16. The Morgan fingerprint density at radius 1 is 1.08 bits per heavy atom. The molecule has 0 fully saturated rings. The first-order chi connectivity index (χ1) is 12.2.